The molecule has 0 bridgehead atoms. The highest BCUT2D eigenvalue weighted by molar-refractivity contribution is 6.42. The molecule has 2 aromatic rings. The summed E-state index contributed by atoms with van der Waals surface area (Å²) in [6, 6.07) is 4.96. The van der Waals surface area contributed by atoms with E-state index < -0.39 is 18.0 Å². The number of carbonyl (C=O) groups is 2. The van der Waals surface area contributed by atoms with Gasteiger partial charge in [-0.25, -0.2) is 4.79 Å². The minimum Gasteiger partial charge on any atom is -0.449 e. The zero-order valence-electron chi connectivity index (χ0n) is 14.8. The lowest BCUT2D eigenvalue weighted by atomic mass is 10.2. The highest BCUT2D eigenvalue weighted by atomic mass is 35.5. The number of carbonyl (C=O) groups excluding carboxylic acids is 2. The Balaban J connectivity index is 1.96. The van der Waals surface area contributed by atoms with E-state index in [9.17, 15) is 9.59 Å². The van der Waals surface area contributed by atoms with Crippen LogP contribution in [0, 0.1) is 13.8 Å². The van der Waals surface area contributed by atoms with E-state index in [2.05, 4.69) is 10.4 Å². The number of halogens is 2. The third-order valence-electron chi connectivity index (χ3n) is 3.77. The Labute approximate surface area is 161 Å². The fraction of sp³-hybridized carbons (Fsp3) is 0.278. The number of nitrogens with zero attached hydrogens (tertiary/aromatic N) is 2. The van der Waals surface area contributed by atoms with Crippen LogP contribution in [0.15, 0.2) is 24.3 Å². The number of anilines is 1. The van der Waals surface area contributed by atoms with Crippen LogP contribution in [0.25, 0.3) is 6.08 Å². The predicted molar refractivity (Wildman–Crippen MR) is 102 cm³/mol. The molecule has 26 heavy (non-hydrogen) atoms. The summed E-state index contributed by atoms with van der Waals surface area (Å²) in [4.78, 5) is 24.1. The Bertz CT molecular complexity index is 875. The van der Waals surface area contributed by atoms with Crippen LogP contribution in [-0.2, 0) is 21.4 Å². The molecule has 0 unspecified atom stereocenters. The van der Waals surface area contributed by atoms with E-state index in [1.54, 1.807) is 36.9 Å². The topological polar surface area (TPSA) is 73.2 Å². The van der Waals surface area contributed by atoms with Crippen molar-refractivity contribution >= 4 is 46.8 Å². The second kappa shape index (κ2) is 8.38. The van der Waals surface area contributed by atoms with E-state index in [0.717, 1.165) is 5.69 Å². The molecule has 0 aliphatic heterocycles. The molecule has 1 atom stereocenters. The van der Waals surface area contributed by atoms with Gasteiger partial charge in [-0.2, -0.15) is 5.10 Å². The van der Waals surface area contributed by atoms with Gasteiger partial charge in [0.2, 0.25) is 0 Å². The minimum atomic E-state index is -0.958. The fourth-order valence-corrected chi connectivity index (χ4v) is 2.53. The molecule has 1 aromatic carbocycles. The molecule has 1 amide bonds. The van der Waals surface area contributed by atoms with Gasteiger partial charge in [0.05, 0.1) is 27.1 Å². The second-order valence-electron chi connectivity index (χ2n) is 5.74. The van der Waals surface area contributed by atoms with E-state index in [0.29, 0.717) is 27.0 Å². The van der Waals surface area contributed by atoms with Crippen molar-refractivity contribution in [3.63, 3.8) is 0 Å². The van der Waals surface area contributed by atoms with Crippen molar-refractivity contribution in [2.45, 2.75) is 26.9 Å². The maximum atomic E-state index is 12.2. The quantitative estimate of drug-likeness (QED) is 0.614. The van der Waals surface area contributed by atoms with Crippen molar-refractivity contribution in [2.24, 2.45) is 7.05 Å². The number of aryl methyl sites for hydroxylation is 2. The maximum absolute atomic E-state index is 12.2. The summed E-state index contributed by atoms with van der Waals surface area (Å²) in [6.45, 7) is 5.13. The SMILES string of the molecule is Cc1nn(C)c(C)c1NC(=O)[C@@H](C)OC(=O)/C=C/c1ccc(Cl)c(Cl)c1. The molecule has 0 saturated heterocycles. The molecule has 1 N–H and O–H groups in total. The third-order valence-corrected chi connectivity index (χ3v) is 4.51. The van der Waals surface area contributed by atoms with E-state index >= 15 is 0 Å². The number of benzene rings is 1. The highest BCUT2D eigenvalue weighted by Gasteiger charge is 2.20. The molecule has 0 fully saturated rings. The van der Waals surface area contributed by atoms with Crippen LogP contribution in [0.3, 0.4) is 0 Å². The second-order valence-corrected chi connectivity index (χ2v) is 6.56. The van der Waals surface area contributed by atoms with Crippen LogP contribution in [0.1, 0.15) is 23.9 Å². The van der Waals surface area contributed by atoms with Crippen molar-refractivity contribution in [2.75, 3.05) is 5.32 Å². The number of ether oxygens (including phenoxy) is 1. The number of nitrogens with one attached hydrogen (secondary N) is 1. The van der Waals surface area contributed by atoms with Crippen LogP contribution in [0.5, 0.6) is 0 Å². The summed E-state index contributed by atoms with van der Waals surface area (Å²) >= 11 is 11.8. The zero-order valence-corrected chi connectivity index (χ0v) is 16.4. The van der Waals surface area contributed by atoms with Crippen LogP contribution < -0.4 is 5.32 Å². The monoisotopic (exact) mass is 395 g/mol. The van der Waals surface area contributed by atoms with E-state index in [-0.39, 0.29) is 0 Å². The van der Waals surface area contributed by atoms with Crippen molar-refractivity contribution in [1.29, 1.82) is 0 Å². The van der Waals surface area contributed by atoms with E-state index in [1.807, 2.05) is 6.92 Å². The van der Waals surface area contributed by atoms with Crippen LogP contribution in [0.4, 0.5) is 5.69 Å². The zero-order chi connectivity index (χ0) is 19.4. The summed E-state index contributed by atoms with van der Waals surface area (Å²) in [7, 11) is 1.79. The van der Waals surface area contributed by atoms with Crippen molar-refractivity contribution in [3.05, 3.63) is 51.3 Å². The Morgan fingerprint density at radius 2 is 1.96 bits per heavy atom. The molecule has 0 aliphatic carbocycles. The normalized spacial score (nSPS) is 12.2. The standard InChI is InChI=1S/C18H19Cl2N3O3/c1-10-17(11(2)23(4)22-10)21-18(25)12(3)26-16(24)8-6-13-5-7-14(19)15(20)9-13/h5-9,12H,1-4H3,(H,21,25)/b8-6+/t12-/m1/s1. The Morgan fingerprint density at radius 3 is 2.54 bits per heavy atom. The molecular weight excluding hydrogens is 377 g/mol. The fourth-order valence-electron chi connectivity index (χ4n) is 2.23. The molecule has 0 spiro atoms. The van der Waals surface area contributed by atoms with Gasteiger partial charge in [0.15, 0.2) is 6.10 Å². The first-order chi connectivity index (χ1) is 12.2. The summed E-state index contributed by atoms with van der Waals surface area (Å²) in [5.74, 6) is -1.07. The van der Waals surface area contributed by atoms with Gasteiger partial charge in [0.1, 0.15) is 0 Å². The van der Waals surface area contributed by atoms with Gasteiger partial charge in [-0.3, -0.25) is 9.48 Å². The molecule has 8 heteroatoms. The highest BCUT2D eigenvalue weighted by Crippen LogP contribution is 2.23. The van der Waals surface area contributed by atoms with Crippen molar-refractivity contribution < 1.29 is 14.3 Å². The summed E-state index contributed by atoms with van der Waals surface area (Å²) in [5, 5.41) is 7.77. The van der Waals surface area contributed by atoms with Gasteiger partial charge < -0.3 is 10.1 Å². The van der Waals surface area contributed by atoms with Crippen molar-refractivity contribution in [1.82, 2.24) is 9.78 Å². The van der Waals surface area contributed by atoms with Gasteiger partial charge in [-0.1, -0.05) is 29.3 Å². The molecule has 2 rings (SSSR count). The first-order valence-electron chi connectivity index (χ1n) is 7.84. The first kappa shape index (κ1) is 20.0. The molecule has 0 radical (unpaired) electrons. The number of hydrogen-bond acceptors (Lipinski definition) is 4. The lowest BCUT2D eigenvalue weighted by Gasteiger charge is -2.12. The van der Waals surface area contributed by atoms with Crippen LogP contribution >= 0.6 is 23.2 Å². The predicted octanol–water partition coefficient (Wildman–Crippen LogP) is 3.93. The molecular formula is C18H19Cl2N3O3. The smallest absolute Gasteiger partial charge is 0.331 e. The van der Waals surface area contributed by atoms with Gasteiger partial charge in [-0.05, 0) is 44.5 Å². The number of aromatic nitrogens is 2. The Morgan fingerprint density at radius 1 is 1.27 bits per heavy atom. The molecule has 0 saturated carbocycles. The average Bonchev–Trinajstić information content (AvgIpc) is 2.82. The average molecular weight is 396 g/mol. The van der Waals surface area contributed by atoms with E-state index in [1.165, 1.54) is 19.1 Å². The first-order valence-corrected chi connectivity index (χ1v) is 8.59. The number of rotatable bonds is 5. The molecule has 0 aliphatic rings. The minimum absolute atomic E-state index is 0.386. The molecule has 138 valence electrons. The van der Waals surface area contributed by atoms with Gasteiger partial charge in [0.25, 0.3) is 5.91 Å². The maximum Gasteiger partial charge on any atom is 0.331 e. The van der Waals surface area contributed by atoms with Gasteiger partial charge in [-0.15, -0.1) is 0 Å². The molecule has 1 aromatic heterocycles. The lowest BCUT2D eigenvalue weighted by molar-refractivity contribution is -0.148. The number of amides is 1. The van der Waals surface area contributed by atoms with Crippen molar-refractivity contribution in [3.8, 4) is 0 Å². The summed E-state index contributed by atoms with van der Waals surface area (Å²) < 4.78 is 6.79. The third kappa shape index (κ3) is 4.86. The van der Waals surface area contributed by atoms with Crippen LogP contribution in [0.2, 0.25) is 10.0 Å². The number of hydrogen-bond donors (Lipinski definition) is 1. The lowest BCUT2D eigenvalue weighted by Crippen LogP contribution is -2.29. The molecule has 6 nitrogen and oxygen atoms in total. The Hall–Kier alpha value is -2.31. The Kier molecular flexibility index (Phi) is 6.45. The van der Waals surface area contributed by atoms with Gasteiger partial charge in [0, 0.05) is 13.1 Å². The van der Waals surface area contributed by atoms with Gasteiger partial charge >= 0.3 is 5.97 Å². The molecule has 1 heterocycles. The summed E-state index contributed by atoms with van der Waals surface area (Å²) in [6.07, 6.45) is 1.80. The number of esters is 1. The van der Waals surface area contributed by atoms with E-state index in [4.69, 9.17) is 27.9 Å². The largest absolute Gasteiger partial charge is 0.449 e. The summed E-state index contributed by atoms with van der Waals surface area (Å²) in [5.41, 5.74) is 2.81. The van der Waals surface area contributed by atoms with Crippen LogP contribution in [-0.4, -0.2) is 27.8 Å².